The van der Waals surface area contributed by atoms with Crippen LogP contribution in [0.25, 0.3) is 5.82 Å². The molecule has 0 aliphatic carbocycles. The molecule has 19 heavy (non-hydrogen) atoms. The molecule has 2 rings (SSSR count). The van der Waals surface area contributed by atoms with Gasteiger partial charge in [0, 0.05) is 6.07 Å². The molecule has 0 saturated carbocycles. The van der Waals surface area contributed by atoms with Gasteiger partial charge in [-0.15, -0.1) is 0 Å². The molecule has 102 valence electrons. The number of nitrogens with zero attached hydrogens (tertiary/aromatic N) is 3. The van der Waals surface area contributed by atoms with E-state index in [-0.39, 0.29) is 12.4 Å². The van der Waals surface area contributed by atoms with E-state index >= 15 is 0 Å². The molecule has 0 spiro atoms. The highest BCUT2D eigenvalue weighted by Gasteiger charge is 2.41. The minimum absolute atomic E-state index is 0.00266. The van der Waals surface area contributed by atoms with E-state index in [1.165, 1.54) is 19.2 Å². The van der Waals surface area contributed by atoms with Gasteiger partial charge in [-0.3, -0.25) is 5.10 Å². The summed E-state index contributed by atoms with van der Waals surface area (Å²) in [7, 11) is 0. The average Bonchev–Trinajstić information content (AvgIpc) is 2.97. The Hall–Kier alpha value is -2.32. The molecule has 0 bridgehead atoms. The highest BCUT2D eigenvalue weighted by Crippen LogP contribution is 2.33. The van der Waals surface area contributed by atoms with E-state index in [0.717, 1.165) is 6.20 Å². The summed E-state index contributed by atoms with van der Waals surface area (Å²) >= 11 is 0. The van der Waals surface area contributed by atoms with Crippen LogP contribution in [0, 0.1) is 0 Å². The van der Waals surface area contributed by atoms with Gasteiger partial charge in [0.2, 0.25) is 0 Å². The van der Waals surface area contributed by atoms with Crippen molar-refractivity contribution >= 4 is 5.97 Å². The van der Waals surface area contributed by atoms with Crippen LogP contribution in [-0.4, -0.2) is 32.6 Å². The molecule has 0 aliphatic heterocycles. The summed E-state index contributed by atoms with van der Waals surface area (Å²) in [6, 6.07) is 1.30. The van der Waals surface area contributed by atoms with Crippen LogP contribution in [0.4, 0.5) is 13.2 Å². The third kappa shape index (κ3) is 2.44. The van der Waals surface area contributed by atoms with Gasteiger partial charge in [-0.25, -0.2) is 9.48 Å². The Morgan fingerprint density at radius 2 is 2.26 bits per heavy atom. The van der Waals surface area contributed by atoms with Gasteiger partial charge in [-0.05, 0) is 6.92 Å². The topological polar surface area (TPSA) is 72.8 Å². The fourth-order valence-corrected chi connectivity index (χ4v) is 1.53. The maximum Gasteiger partial charge on any atom is 0.434 e. The Labute approximate surface area is 105 Å². The van der Waals surface area contributed by atoms with E-state index in [1.807, 2.05) is 0 Å². The number of aromatic nitrogens is 4. The molecule has 2 heterocycles. The Balaban J connectivity index is 2.55. The standard InChI is InChI=1S/C10H9F3N4O2/c1-2-19-9(18)6-5-15-17(7-3-4-14-16-7)8(6)10(11,12)13/h3-5H,2H2,1H3,(H,14,16). The maximum absolute atomic E-state index is 13.0. The largest absolute Gasteiger partial charge is 0.462 e. The first-order valence-corrected chi connectivity index (χ1v) is 5.27. The lowest BCUT2D eigenvalue weighted by Crippen LogP contribution is -2.18. The lowest BCUT2D eigenvalue weighted by molar-refractivity contribution is -0.143. The fourth-order valence-electron chi connectivity index (χ4n) is 1.53. The molecule has 0 radical (unpaired) electrons. The summed E-state index contributed by atoms with van der Waals surface area (Å²) in [6.45, 7) is 1.48. The van der Waals surface area contributed by atoms with E-state index in [0.29, 0.717) is 4.68 Å². The number of hydrogen-bond acceptors (Lipinski definition) is 4. The number of rotatable bonds is 3. The third-order valence-corrected chi connectivity index (χ3v) is 2.25. The van der Waals surface area contributed by atoms with E-state index in [1.54, 1.807) is 0 Å². The number of ether oxygens (including phenoxy) is 1. The molecule has 1 N–H and O–H groups in total. The quantitative estimate of drug-likeness (QED) is 0.866. The third-order valence-electron chi connectivity index (χ3n) is 2.25. The van der Waals surface area contributed by atoms with Crippen LogP contribution in [0.2, 0.25) is 0 Å². The SMILES string of the molecule is CCOC(=O)c1cnn(-c2ccn[nH]2)c1C(F)(F)F. The van der Waals surface area contributed by atoms with Crippen LogP contribution in [-0.2, 0) is 10.9 Å². The predicted molar refractivity (Wildman–Crippen MR) is 56.7 cm³/mol. The molecule has 9 heteroatoms. The van der Waals surface area contributed by atoms with Gasteiger partial charge in [-0.1, -0.05) is 0 Å². The summed E-state index contributed by atoms with van der Waals surface area (Å²) < 4.78 is 44.2. The van der Waals surface area contributed by atoms with E-state index < -0.39 is 23.4 Å². The first kappa shape index (κ1) is 13.1. The first-order chi connectivity index (χ1) is 8.95. The fraction of sp³-hybridized carbons (Fsp3) is 0.300. The highest BCUT2D eigenvalue weighted by atomic mass is 19.4. The summed E-state index contributed by atoms with van der Waals surface area (Å²) in [5.41, 5.74) is -1.83. The number of esters is 1. The normalized spacial score (nSPS) is 11.6. The van der Waals surface area contributed by atoms with Crippen molar-refractivity contribution < 1.29 is 22.7 Å². The van der Waals surface area contributed by atoms with Gasteiger partial charge in [0.1, 0.15) is 11.4 Å². The predicted octanol–water partition coefficient (Wildman–Crippen LogP) is 1.79. The molecular weight excluding hydrogens is 265 g/mol. The lowest BCUT2D eigenvalue weighted by Gasteiger charge is -2.10. The molecule has 0 fully saturated rings. The van der Waals surface area contributed by atoms with Crippen molar-refractivity contribution in [2.24, 2.45) is 0 Å². The molecule has 6 nitrogen and oxygen atoms in total. The minimum atomic E-state index is -4.75. The summed E-state index contributed by atoms with van der Waals surface area (Å²) in [4.78, 5) is 11.5. The number of carbonyl (C=O) groups excluding carboxylic acids is 1. The number of carbonyl (C=O) groups is 1. The minimum Gasteiger partial charge on any atom is -0.462 e. The van der Waals surface area contributed by atoms with Crippen molar-refractivity contribution in [1.29, 1.82) is 0 Å². The number of hydrogen-bond donors (Lipinski definition) is 1. The van der Waals surface area contributed by atoms with E-state index in [2.05, 4.69) is 20.0 Å². The second-order valence-electron chi connectivity index (χ2n) is 3.48. The number of halogens is 3. The monoisotopic (exact) mass is 274 g/mol. The van der Waals surface area contributed by atoms with Crippen LogP contribution in [0.1, 0.15) is 23.0 Å². The van der Waals surface area contributed by atoms with E-state index in [9.17, 15) is 18.0 Å². The Morgan fingerprint density at radius 1 is 1.53 bits per heavy atom. The molecule has 0 aromatic carbocycles. The molecule has 2 aromatic rings. The van der Waals surface area contributed by atoms with Crippen molar-refractivity contribution in [2.45, 2.75) is 13.1 Å². The van der Waals surface area contributed by atoms with Crippen molar-refractivity contribution in [3.8, 4) is 5.82 Å². The molecule has 0 saturated heterocycles. The molecule has 0 atom stereocenters. The van der Waals surface area contributed by atoms with Gasteiger partial charge >= 0.3 is 12.1 Å². The Morgan fingerprint density at radius 3 is 2.79 bits per heavy atom. The Kier molecular flexibility index (Phi) is 3.28. The number of aromatic amines is 1. The zero-order valence-corrected chi connectivity index (χ0v) is 9.73. The van der Waals surface area contributed by atoms with Gasteiger partial charge in [0.15, 0.2) is 5.69 Å². The summed E-state index contributed by atoms with van der Waals surface area (Å²) in [5.74, 6) is -1.07. The molecule has 0 aliphatic rings. The molecule has 0 unspecified atom stereocenters. The van der Waals surface area contributed by atoms with Crippen molar-refractivity contribution in [2.75, 3.05) is 6.61 Å². The maximum atomic E-state index is 13.0. The van der Waals surface area contributed by atoms with Gasteiger partial charge in [-0.2, -0.15) is 23.4 Å². The van der Waals surface area contributed by atoms with Gasteiger partial charge in [0.05, 0.1) is 19.0 Å². The second-order valence-corrected chi connectivity index (χ2v) is 3.48. The van der Waals surface area contributed by atoms with Crippen LogP contribution in [0.5, 0.6) is 0 Å². The van der Waals surface area contributed by atoms with Crippen molar-refractivity contribution in [3.63, 3.8) is 0 Å². The van der Waals surface area contributed by atoms with Crippen LogP contribution in [0.3, 0.4) is 0 Å². The van der Waals surface area contributed by atoms with Crippen LogP contribution >= 0.6 is 0 Å². The summed E-state index contributed by atoms with van der Waals surface area (Å²) in [6.07, 6.45) is -2.65. The number of alkyl halides is 3. The molecular formula is C10H9F3N4O2. The Bertz CT molecular complexity index is 574. The first-order valence-electron chi connectivity index (χ1n) is 5.27. The van der Waals surface area contributed by atoms with Crippen LogP contribution < -0.4 is 0 Å². The smallest absolute Gasteiger partial charge is 0.434 e. The highest BCUT2D eigenvalue weighted by molar-refractivity contribution is 5.90. The van der Waals surface area contributed by atoms with Crippen LogP contribution in [0.15, 0.2) is 18.5 Å². The van der Waals surface area contributed by atoms with Crippen molar-refractivity contribution in [1.82, 2.24) is 20.0 Å². The molecule has 0 amide bonds. The van der Waals surface area contributed by atoms with Gasteiger partial charge < -0.3 is 4.74 Å². The zero-order chi connectivity index (χ0) is 14.0. The molecule has 2 aromatic heterocycles. The van der Waals surface area contributed by atoms with E-state index in [4.69, 9.17) is 0 Å². The average molecular weight is 274 g/mol. The van der Waals surface area contributed by atoms with Crippen molar-refractivity contribution in [3.05, 3.63) is 29.7 Å². The zero-order valence-electron chi connectivity index (χ0n) is 9.73. The van der Waals surface area contributed by atoms with Gasteiger partial charge in [0.25, 0.3) is 0 Å². The lowest BCUT2D eigenvalue weighted by atomic mass is 10.2. The second kappa shape index (κ2) is 4.75. The number of H-pyrrole nitrogens is 1. The number of nitrogens with one attached hydrogen (secondary N) is 1. The summed E-state index contributed by atoms with van der Waals surface area (Å²) in [5, 5.41) is 9.44.